The first-order valence-corrected chi connectivity index (χ1v) is 12.8. The summed E-state index contributed by atoms with van der Waals surface area (Å²) in [6.45, 7) is 7.69. The van der Waals surface area contributed by atoms with E-state index in [1.165, 1.54) is 7.11 Å². The van der Waals surface area contributed by atoms with Gasteiger partial charge in [-0.1, -0.05) is 32.0 Å². The van der Waals surface area contributed by atoms with Gasteiger partial charge in [0.2, 0.25) is 11.8 Å². The summed E-state index contributed by atoms with van der Waals surface area (Å²) in [6.07, 6.45) is 4.48. The fourth-order valence-electron chi connectivity index (χ4n) is 4.78. The quantitative estimate of drug-likeness (QED) is 0.365. The summed E-state index contributed by atoms with van der Waals surface area (Å²) in [5, 5.41) is 16.2. The molecule has 3 rings (SSSR count). The molecule has 11 heteroatoms. The van der Waals surface area contributed by atoms with Crippen LogP contribution < -0.4 is 21.3 Å². The van der Waals surface area contributed by atoms with Crippen molar-refractivity contribution < 1.29 is 24.2 Å². The number of nitrogens with one attached hydrogen (secondary N) is 2. The number of fused-ring (bicyclic) bond motifs is 1. The van der Waals surface area contributed by atoms with Crippen LogP contribution in [-0.2, 0) is 26.3 Å². The number of para-hydroxylation sites is 1. The minimum atomic E-state index is -0.990. The maximum absolute atomic E-state index is 13.5. The van der Waals surface area contributed by atoms with Gasteiger partial charge in [0.25, 0.3) is 0 Å². The SMILES string of the molecule is COC(=O)NC1Cc2ccccc2N(C(=O)CC(C)(C)C[C@H](N)[C@@H](O)CNC(=O)C(C)(C)n2ccnc2)C1. The van der Waals surface area contributed by atoms with Crippen molar-refractivity contribution in [3.8, 4) is 0 Å². The van der Waals surface area contributed by atoms with Crippen LogP contribution in [-0.4, -0.2) is 71.0 Å². The molecular formula is C27H40N6O5. The average molecular weight is 529 g/mol. The van der Waals surface area contributed by atoms with E-state index < -0.39 is 29.2 Å². The highest BCUT2D eigenvalue weighted by Gasteiger charge is 2.35. The zero-order valence-electron chi connectivity index (χ0n) is 22.8. The topological polar surface area (TPSA) is 152 Å². The number of alkyl carbamates (subject to hydrolysis) is 1. The Hall–Kier alpha value is -3.44. The first-order chi connectivity index (χ1) is 17.8. The van der Waals surface area contributed by atoms with Crippen LogP contribution in [0.5, 0.6) is 0 Å². The third-order valence-electron chi connectivity index (χ3n) is 7.05. The first-order valence-electron chi connectivity index (χ1n) is 12.8. The Morgan fingerprint density at radius 2 is 1.95 bits per heavy atom. The number of amides is 3. The second kappa shape index (κ2) is 12.0. The number of imidazole rings is 1. The molecule has 2 aromatic rings. The Balaban J connectivity index is 1.59. The smallest absolute Gasteiger partial charge is 0.407 e. The van der Waals surface area contributed by atoms with Gasteiger partial charge in [-0.2, -0.15) is 0 Å². The number of carbonyl (C=O) groups excluding carboxylic acids is 3. The number of nitrogens with two attached hydrogens (primary N) is 1. The number of hydrogen-bond donors (Lipinski definition) is 4. The monoisotopic (exact) mass is 528 g/mol. The molecule has 1 aromatic carbocycles. The zero-order valence-corrected chi connectivity index (χ0v) is 22.8. The fourth-order valence-corrected chi connectivity index (χ4v) is 4.78. The molecule has 38 heavy (non-hydrogen) atoms. The number of benzene rings is 1. The second-order valence-corrected chi connectivity index (χ2v) is 11.2. The molecule has 2 heterocycles. The molecule has 1 aliphatic heterocycles. The summed E-state index contributed by atoms with van der Waals surface area (Å²) < 4.78 is 6.42. The molecule has 0 saturated heterocycles. The Kier molecular flexibility index (Phi) is 9.16. The van der Waals surface area contributed by atoms with Crippen molar-refractivity contribution in [2.75, 3.05) is 25.1 Å². The number of methoxy groups -OCH3 is 1. The molecule has 1 aromatic heterocycles. The number of ether oxygens (including phenoxy) is 1. The van der Waals surface area contributed by atoms with Crippen molar-refractivity contribution in [2.45, 2.75) is 70.7 Å². The van der Waals surface area contributed by atoms with Crippen LogP contribution in [0.2, 0.25) is 0 Å². The van der Waals surface area contributed by atoms with Crippen LogP contribution in [0.4, 0.5) is 10.5 Å². The van der Waals surface area contributed by atoms with Crippen molar-refractivity contribution in [3.05, 3.63) is 48.5 Å². The van der Waals surface area contributed by atoms with E-state index in [-0.39, 0.29) is 30.8 Å². The minimum absolute atomic E-state index is 0.0114. The Labute approximate surface area is 223 Å². The summed E-state index contributed by atoms with van der Waals surface area (Å²) in [4.78, 5) is 43.7. The van der Waals surface area contributed by atoms with Crippen LogP contribution in [0, 0.1) is 5.41 Å². The summed E-state index contributed by atoms with van der Waals surface area (Å²) in [7, 11) is 1.31. The van der Waals surface area contributed by atoms with Gasteiger partial charge in [0.15, 0.2) is 0 Å². The van der Waals surface area contributed by atoms with E-state index >= 15 is 0 Å². The average Bonchev–Trinajstić information content (AvgIpc) is 3.41. The molecule has 0 saturated carbocycles. The van der Waals surface area contributed by atoms with E-state index in [2.05, 4.69) is 15.6 Å². The Morgan fingerprint density at radius 3 is 2.61 bits per heavy atom. The molecule has 11 nitrogen and oxygen atoms in total. The van der Waals surface area contributed by atoms with Gasteiger partial charge in [-0.25, -0.2) is 9.78 Å². The molecule has 5 N–H and O–H groups in total. The molecule has 1 unspecified atom stereocenters. The van der Waals surface area contributed by atoms with Crippen molar-refractivity contribution >= 4 is 23.6 Å². The summed E-state index contributed by atoms with van der Waals surface area (Å²) in [6, 6.07) is 6.70. The lowest BCUT2D eigenvalue weighted by atomic mass is 9.80. The standard InChI is InChI=1S/C27H40N6O5/c1-26(2,13-20(28)22(34)15-30-24(36)27(3,4)32-11-10-29-17-32)14-23(35)33-16-19(31-25(37)38-5)12-18-8-6-7-9-21(18)33/h6-11,17,19-20,22,34H,12-16,28H2,1-5H3,(H,30,36)(H,31,37)/t19?,20-,22-/m0/s1. The normalized spacial score (nSPS) is 17.2. The Morgan fingerprint density at radius 1 is 1.24 bits per heavy atom. The molecule has 0 spiro atoms. The molecule has 0 bridgehead atoms. The summed E-state index contributed by atoms with van der Waals surface area (Å²) >= 11 is 0. The van der Waals surface area contributed by atoms with Crippen LogP contribution >= 0.6 is 0 Å². The highest BCUT2D eigenvalue weighted by atomic mass is 16.5. The number of anilines is 1. The molecule has 0 aliphatic carbocycles. The van der Waals surface area contributed by atoms with E-state index in [0.29, 0.717) is 19.4 Å². The van der Waals surface area contributed by atoms with Gasteiger partial charge >= 0.3 is 6.09 Å². The van der Waals surface area contributed by atoms with Gasteiger partial charge in [-0.05, 0) is 43.7 Å². The number of nitrogens with zero attached hydrogens (tertiary/aromatic N) is 3. The van der Waals surface area contributed by atoms with Crippen molar-refractivity contribution in [1.82, 2.24) is 20.2 Å². The molecule has 3 atom stereocenters. The molecule has 3 amide bonds. The minimum Gasteiger partial charge on any atom is -0.453 e. The van der Waals surface area contributed by atoms with Crippen LogP contribution in [0.25, 0.3) is 0 Å². The fraction of sp³-hybridized carbons (Fsp3) is 0.556. The van der Waals surface area contributed by atoms with E-state index in [9.17, 15) is 19.5 Å². The van der Waals surface area contributed by atoms with Gasteiger partial charge in [0, 0.05) is 43.6 Å². The third kappa shape index (κ3) is 7.11. The lowest BCUT2D eigenvalue weighted by Crippen LogP contribution is -2.51. The van der Waals surface area contributed by atoms with Crippen molar-refractivity contribution in [1.29, 1.82) is 0 Å². The number of hydrogen-bond acceptors (Lipinski definition) is 7. The molecule has 1 aliphatic rings. The molecular weight excluding hydrogens is 488 g/mol. The number of aromatic nitrogens is 2. The second-order valence-electron chi connectivity index (χ2n) is 11.2. The highest BCUT2D eigenvalue weighted by molar-refractivity contribution is 5.95. The van der Waals surface area contributed by atoms with Crippen molar-refractivity contribution in [2.24, 2.45) is 11.1 Å². The lowest BCUT2D eigenvalue weighted by Gasteiger charge is -2.37. The van der Waals surface area contributed by atoms with Gasteiger partial charge in [0.1, 0.15) is 5.54 Å². The predicted molar refractivity (Wildman–Crippen MR) is 143 cm³/mol. The van der Waals surface area contributed by atoms with Gasteiger partial charge in [-0.15, -0.1) is 0 Å². The highest BCUT2D eigenvalue weighted by Crippen LogP contribution is 2.32. The van der Waals surface area contributed by atoms with Gasteiger partial charge in [0.05, 0.1) is 25.6 Å². The van der Waals surface area contributed by atoms with E-state index in [1.807, 2.05) is 38.1 Å². The predicted octanol–water partition coefficient (Wildman–Crippen LogP) is 1.54. The van der Waals surface area contributed by atoms with Gasteiger partial charge < -0.3 is 35.7 Å². The molecule has 0 radical (unpaired) electrons. The largest absolute Gasteiger partial charge is 0.453 e. The molecule has 0 fully saturated rings. The number of carbonyl (C=O) groups is 3. The van der Waals surface area contributed by atoms with Crippen LogP contribution in [0.3, 0.4) is 0 Å². The third-order valence-corrected chi connectivity index (χ3v) is 7.05. The van der Waals surface area contributed by atoms with Crippen LogP contribution in [0.1, 0.15) is 46.1 Å². The van der Waals surface area contributed by atoms with Crippen molar-refractivity contribution in [3.63, 3.8) is 0 Å². The maximum Gasteiger partial charge on any atom is 0.407 e. The number of aliphatic hydroxyl groups excluding tert-OH is 1. The maximum atomic E-state index is 13.5. The van der Waals surface area contributed by atoms with Gasteiger partial charge in [-0.3, -0.25) is 9.59 Å². The van der Waals surface area contributed by atoms with E-state index in [0.717, 1.165) is 11.3 Å². The van der Waals surface area contributed by atoms with Crippen LogP contribution in [0.15, 0.2) is 43.0 Å². The lowest BCUT2D eigenvalue weighted by molar-refractivity contribution is -0.129. The van der Waals surface area contributed by atoms with E-state index in [4.69, 9.17) is 10.5 Å². The first kappa shape index (κ1) is 29.1. The van der Waals surface area contributed by atoms with E-state index in [1.54, 1.807) is 42.0 Å². The number of rotatable bonds is 10. The summed E-state index contributed by atoms with van der Waals surface area (Å²) in [5.74, 6) is -0.369. The zero-order chi connectivity index (χ0) is 28.1. The summed E-state index contributed by atoms with van der Waals surface area (Å²) in [5.41, 5.74) is 6.69. The Bertz CT molecular complexity index is 1120. The number of aliphatic hydroxyl groups is 1. The molecule has 208 valence electrons.